The molecule has 3 nitrogen and oxygen atoms in total. The van der Waals surface area contributed by atoms with Crippen molar-refractivity contribution >= 4 is 11.7 Å². The van der Waals surface area contributed by atoms with Crippen LogP contribution in [0.15, 0.2) is 42.5 Å². The molecule has 2 N–H and O–H groups in total. The van der Waals surface area contributed by atoms with Gasteiger partial charge in [0.25, 0.3) is 0 Å². The monoisotopic (exact) mass is 273 g/mol. The lowest BCUT2D eigenvalue weighted by atomic mass is 10.1. The van der Waals surface area contributed by atoms with Crippen molar-refractivity contribution in [2.75, 3.05) is 11.9 Å². The molecule has 0 saturated carbocycles. The number of benzene rings is 2. The molecule has 4 heteroatoms. The Hall–Kier alpha value is -2.36. The van der Waals surface area contributed by atoms with Crippen molar-refractivity contribution in [1.82, 2.24) is 0 Å². The highest BCUT2D eigenvalue weighted by atomic mass is 19.1. The third-order valence-electron chi connectivity index (χ3n) is 3.14. The van der Waals surface area contributed by atoms with Gasteiger partial charge in [-0.25, -0.2) is 9.18 Å². The minimum Gasteiger partial charge on any atom is -0.478 e. The molecule has 0 aromatic heterocycles. The first kappa shape index (κ1) is 14.1. The van der Waals surface area contributed by atoms with E-state index in [1.54, 1.807) is 37.3 Å². The molecule has 0 spiro atoms. The molecule has 0 bridgehead atoms. The number of aromatic carboxylic acids is 1. The number of rotatable bonds is 5. The van der Waals surface area contributed by atoms with Crippen LogP contribution in [0.3, 0.4) is 0 Å². The van der Waals surface area contributed by atoms with Crippen LogP contribution in [-0.4, -0.2) is 17.6 Å². The van der Waals surface area contributed by atoms with Crippen LogP contribution in [0.4, 0.5) is 10.1 Å². The van der Waals surface area contributed by atoms with Gasteiger partial charge in [0, 0.05) is 12.2 Å². The van der Waals surface area contributed by atoms with Crippen molar-refractivity contribution in [1.29, 1.82) is 0 Å². The van der Waals surface area contributed by atoms with Gasteiger partial charge < -0.3 is 10.4 Å². The molecule has 0 fully saturated rings. The molecule has 0 aliphatic rings. The maximum absolute atomic E-state index is 13.4. The van der Waals surface area contributed by atoms with Gasteiger partial charge in [-0.1, -0.05) is 18.2 Å². The minimum atomic E-state index is -0.930. The summed E-state index contributed by atoms with van der Waals surface area (Å²) in [6.45, 7) is 2.35. The summed E-state index contributed by atoms with van der Waals surface area (Å²) in [5.74, 6) is -1.13. The van der Waals surface area contributed by atoms with Crippen LogP contribution in [0, 0.1) is 12.7 Å². The first-order valence-corrected chi connectivity index (χ1v) is 6.39. The summed E-state index contributed by atoms with van der Waals surface area (Å²) < 4.78 is 13.4. The fourth-order valence-electron chi connectivity index (χ4n) is 2.06. The highest BCUT2D eigenvalue weighted by Gasteiger charge is 2.07. The summed E-state index contributed by atoms with van der Waals surface area (Å²) in [4.78, 5) is 10.9. The van der Waals surface area contributed by atoms with E-state index in [1.165, 1.54) is 6.07 Å². The van der Waals surface area contributed by atoms with E-state index in [1.807, 2.05) is 6.07 Å². The number of halogens is 1. The minimum absolute atomic E-state index is 0.202. The van der Waals surface area contributed by atoms with Crippen LogP contribution in [0.1, 0.15) is 21.5 Å². The smallest absolute Gasteiger partial charge is 0.335 e. The maximum Gasteiger partial charge on any atom is 0.335 e. The van der Waals surface area contributed by atoms with Gasteiger partial charge in [-0.15, -0.1) is 0 Å². The number of anilines is 1. The fraction of sp³-hybridized carbons (Fsp3) is 0.188. The molecule has 104 valence electrons. The number of carboxylic acids is 1. The van der Waals surface area contributed by atoms with Crippen molar-refractivity contribution in [3.05, 3.63) is 65.0 Å². The van der Waals surface area contributed by atoms with Crippen LogP contribution in [0.5, 0.6) is 0 Å². The zero-order valence-corrected chi connectivity index (χ0v) is 11.2. The Morgan fingerprint density at radius 2 is 2.00 bits per heavy atom. The van der Waals surface area contributed by atoms with Gasteiger partial charge >= 0.3 is 5.97 Å². The highest BCUT2D eigenvalue weighted by molar-refractivity contribution is 5.89. The Labute approximate surface area is 117 Å². The molecule has 0 amide bonds. The largest absolute Gasteiger partial charge is 0.478 e. The van der Waals surface area contributed by atoms with Crippen molar-refractivity contribution in [3.8, 4) is 0 Å². The summed E-state index contributed by atoms with van der Waals surface area (Å²) >= 11 is 0. The second-order valence-electron chi connectivity index (χ2n) is 4.60. The van der Waals surface area contributed by atoms with E-state index in [0.717, 1.165) is 5.69 Å². The molecule has 0 radical (unpaired) electrons. The summed E-state index contributed by atoms with van der Waals surface area (Å²) in [7, 11) is 0. The van der Waals surface area contributed by atoms with Crippen molar-refractivity contribution in [3.63, 3.8) is 0 Å². The van der Waals surface area contributed by atoms with Gasteiger partial charge in [-0.05, 0) is 48.7 Å². The summed E-state index contributed by atoms with van der Waals surface area (Å²) in [6.07, 6.45) is 0.576. The predicted molar refractivity (Wildman–Crippen MR) is 76.7 cm³/mol. The van der Waals surface area contributed by atoms with E-state index in [4.69, 9.17) is 5.11 Å². The SMILES string of the molecule is Cc1cc(NCCc2ccccc2F)ccc1C(=O)O. The highest BCUT2D eigenvalue weighted by Crippen LogP contribution is 2.15. The molecule has 0 heterocycles. The van der Waals surface area contributed by atoms with Gasteiger partial charge in [-0.3, -0.25) is 0 Å². The van der Waals surface area contributed by atoms with Crippen molar-refractivity contribution in [2.24, 2.45) is 0 Å². The van der Waals surface area contributed by atoms with Crippen LogP contribution in [0.2, 0.25) is 0 Å². The molecule has 2 aromatic carbocycles. The number of aryl methyl sites for hydroxylation is 1. The number of carbonyl (C=O) groups is 1. The lowest BCUT2D eigenvalue weighted by Crippen LogP contribution is -2.07. The Balaban J connectivity index is 1.97. The summed E-state index contributed by atoms with van der Waals surface area (Å²) in [6, 6.07) is 11.8. The first-order valence-electron chi connectivity index (χ1n) is 6.39. The Bertz CT molecular complexity index is 626. The third kappa shape index (κ3) is 3.35. The maximum atomic E-state index is 13.4. The number of hydrogen-bond donors (Lipinski definition) is 2. The second-order valence-corrected chi connectivity index (χ2v) is 4.60. The molecular formula is C16H16FNO2. The second kappa shape index (κ2) is 6.19. The van der Waals surface area contributed by atoms with Gasteiger partial charge in [-0.2, -0.15) is 0 Å². The molecule has 0 saturated heterocycles. The normalized spacial score (nSPS) is 10.3. The summed E-state index contributed by atoms with van der Waals surface area (Å²) in [5, 5.41) is 12.1. The zero-order chi connectivity index (χ0) is 14.5. The Morgan fingerprint density at radius 1 is 1.25 bits per heavy atom. The average molecular weight is 273 g/mol. The molecule has 0 aliphatic heterocycles. The van der Waals surface area contributed by atoms with Crippen molar-refractivity contribution in [2.45, 2.75) is 13.3 Å². The third-order valence-corrected chi connectivity index (χ3v) is 3.14. The van der Waals surface area contributed by atoms with E-state index in [-0.39, 0.29) is 5.82 Å². The van der Waals surface area contributed by atoms with Gasteiger partial charge in [0.15, 0.2) is 0 Å². The zero-order valence-electron chi connectivity index (χ0n) is 11.2. The number of carboxylic acid groups (broad SMARTS) is 1. The van der Waals surface area contributed by atoms with E-state index in [9.17, 15) is 9.18 Å². The Kier molecular flexibility index (Phi) is 4.35. The van der Waals surface area contributed by atoms with Crippen LogP contribution in [0.25, 0.3) is 0 Å². The molecule has 20 heavy (non-hydrogen) atoms. The van der Waals surface area contributed by atoms with E-state index < -0.39 is 5.97 Å². The fourth-order valence-corrected chi connectivity index (χ4v) is 2.06. The first-order chi connectivity index (χ1) is 9.58. The van der Waals surface area contributed by atoms with Crippen LogP contribution >= 0.6 is 0 Å². The molecule has 2 rings (SSSR count). The van der Waals surface area contributed by atoms with E-state index in [0.29, 0.717) is 29.7 Å². The lowest BCUT2D eigenvalue weighted by molar-refractivity contribution is 0.0696. The lowest BCUT2D eigenvalue weighted by Gasteiger charge is -2.09. The quantitative estimate of drug-likeness (QED) is 0.876. The topological polar surface area (TPSA) is 49.3 Å². The predicted octanol–water partition coefficient (Wildman–Crippen LogP) is 3.49. The van der Waals surface area contributed by atoms with Gasteiger partial charge in [0.1, 0.15) is 5.82 Å². The van der Waals surface area contributed by atoms with Crippen LogP contribution < -0.4 is 5.32 Å². The van der Waals surface area contributed by atoms with Crippen molar-refractivity contribution < 1.29 is 14.3 Å². The molecule has 0 aliphatic carbocycles. The van der Waals surface area contributed by atoms with Gasteiger partial charge in [0.2, 0.25) is 0 Å². The van der Waals surface area contributed by atoms with Gasteiger partial charge in [0.05, 0.1) is 5.56 Å². The van der Waals surface area contributed by atoms with E-state index in [2.05, 4.69) is 5.32 Å². The van der Waals surface area contributed by atoms with E-state index >= 15 is 0 Å². The molecule has 0 atom stereocenters. The Morgan fingerprint density at radius 3 is 2.65 bits per heavy atom. The molecular weight excluding hydrogens is 257 g/mol. The number of nitrogens with one attached hydrogen (secondary N) is 1. The average Bonchev–Trinajstić information content (AvgIpc) is 2.40. The number of hydrogen-bond acceptors (Lipinski definition) is 2. The standard InChI is InChI=1S/C16H16FNO2/c1-11-10-13(6-7-14(11)16(19)20)18-9-8-12-4-2-3-5-15(12)17/h2-7,10,18H,8-9H2,1H3,(H,19,20). The molecule has 2 aromatic rings. The van der Waals surface area contributed by atoms with Crippen LogP contribution in [-0.2, 0) is 6.42 Å². The molecule has 0 unspecified atom stereocenters. The summed E-state index contributed by atoms with van der Waals surface area (Å²) in [5.41, 5.74) is 2.50.